The van der Waals surface area contributed by atoms with Gasteiger partial charge >= 0.3 is 0 Å². The van der Waals surface area contributed by atoms with Crippen LogP contribution in [0, 0.1) is 0 Å². The number of likely N-dealkylation sites (N-methyl/N-ethyl adjacent to an activating group) is 1. The average Bonchev–Trinajstić information content (AvgIpc) is 2.24. The van der Waals surface area contributed by atoms with E-state index >= 15 is 0 Å². The van der Waals surface area contributed by atoms with Gasteiger partial charge in [-0.05, 0) is 18.6 Å². The summed E-state index contributed by atoms with van der Waals surface area (Å²) in [5.74, 6) is -0.0794. The molecule has 3 heteroatoms. The zero-order valence-electron chi connectivity index (χ0n) is 8.90. The van der Waals surface area contributed by atoms with Crippen LogP contribution in [0.1, 0.15) is 18.4 Å². The highest BCUT2D eigenvalue weighted by Gasteiger charge is 2.25. The lowest BCUT2D eigenvalue weighted by Crippen LogP contribution is -2.44. The van der Waals surface area contributed by atoms with Crippen molar-refractivity contribution in [2.24, 2.45) is 0 Å². The first kappa shape index (κ1) is 9.77. The summed E-state index contributed by atoms with van der Waals surface area (Å²) in [7, 11) is 1.74. The molecule has 1 amide bonds. The van der Waals surface area contributed by atoms with E-state index in [4.69, 9.17) is 0 Å². The number of benzene rings is 1. The number of hydrazine groups is 1. The average molecular weight is 202 g/mol. The smallest absolute Gasteiger partial charge is 0.252 e. The summed E-state index contributed by atoms with van der Waals surface area (Å²) in [6.07, 6.45) is 1.96. The van der Waals surface area contributed by atoms with Gasteiger partial charge in [0.15, 0.2) is 0 Å². The Morgan fingerprint density at radius 3 is 2.60 bits per heavy atom. The summed E-state index contributed by atoms with van der Waals surface area (Å²) in [6, 6.07) is 9.81. The summed E-state index contributed by atoms with van der Waals surface area (Å²) >= 11 is 0. The Hall–Kier alpha value is -1.77. The minimum absolute atomic E-state index is 0.0757. The monoisotopic (exact) mass is 202 g/mol. The van der Waals surface area contributed by atoms with E-state index in [0.717, 1.165) is 11.3 Å². The quantitative estimate of drug-likeness (QED) is 0.751. The molecule has 1 aliphatic rings. The highest BCUT2D eigenvalue weighted by atomic mass is 16.2. The Morgan fingerprint density at radius 1 is 1.27 bits per heavy atom. The van der Waals surface area contributed by atoms with E-state index in [1.807, 2.05) is 43.3 Å². The second-order valence-corrected chi connectivity index (χ2v) is 3.75. The Morgan fingerprint density at radius 2 is 1.93 bits per heavy atom. The molecule has 1 atom stereocenters. The third kappa shape index (κ3) is 1.86. The van der Waals surface area contributed by atoms with Crippen molar-refractivity contribution < 1.29 is 4.79 Å². The van der Waals surface area contributed by atoms with Gasteiger partial charge in [-0.1, -0.05) is 30.3 Å². The second-order valence-electron chi connectivity index (χ2n) is 3.75. The van der Waals surface area contributed by atoms with Crippen LogP contribution in [0.4, 0.5) is 0 Å². The lowest BCUT2D eigenvalue weighted by atomic mass is 9.96. The molecular weight excluding hydrogens is 188 g/mol. The van der Waals surface area contributed by atoms with Gasteiger partial charge in [-0.15, -0.1) is 0 Å². The lowest BCUT2D eigenvalue weighted by Gasteiger charge is -2.29. The molecule has 0 aromatic heterocycles. The number of nitrogens with zero attached hydrogens (tertiary/aromatic N) is 1. The topological polar surface area (TPSA) is 32.3 Å². The number of hydrogen-bond donors (Lipinski definition) is 1. The fraction of sp³-hybridized carbons (Fsp3) is 0.250. The predicted octanol–water partition coefficient (Wildman–Crippen LogP) is 1.65. The van der Waals surface area contributed by atoms with Gasteiger partial charge in [0.25, 0.3) is 5.91 Å². The van der Waals surface area contributed by atoms with Gasteiger partial charge in [0, 0.05) is 12.7 Å². The number of hydrogen-bond acceptors (Lipinski definition) is 2. The molecular formula is C12H14N2O. The van der Waals surface area contributed by atoms with Crippen LogP contribution < -0.4 is 5.43 Å². The van der Waals surface area contributed by atoms with Crippen LogP contribution in [0.25, 0.3) is 0 Å². The Kier molecular flexibility index (Phi) is 2.46. The van der Waals surface area contributed by atoms with Gasteiger partial charge < -0.3 is 5.43 Å². The van der Waals surface area contributed by atoms with E-state index in [2.05, 4.69) is 5.43 Å². The van der Waals surface area contributed by atoms with E-state index in [0.29, 0.717) is 0 Å². The first-order valence-corrected chi connectivity index (χ1v) is 4.96. The van der Waals surface area contributed by atoms with Crippen LogP contribution in [0.2, 0.25) is 0 Å². The van der Waals surface area contributed by atoms with E-state index in [1.54, 1.807) is 7.05 Å². The summed E-state index contributed by atoms with van der Waals surface area (Å²) in [5, 5.41) is 1.53. The van der Waals surface area contributed by atoms with Gasteiger partial charge in [-0.25, -0.2) is 0 Å². The zero-order chi connectivity index (χ0) is 10.8. The van der Waals surface area contributed by atoms with Gasteiger partial charge in [0.05, 0.1) is 5.92 Å². The third-order valence-electron chi connectivity index (χ3n) is 2.52. The Balaban J connectivity index is 2.36. The van der Waals surface area contributed by atoms with Crippen molar-refractivity contribution in [1.82, 2.24) is 10.4 Å². The third-order valence-corrected chi connectivity index (χ3v) is 2.52. The molecule has 3 nitrogen and oxygen atoms in total. The van der Waals surface area contributed by atoms with Crippen molar-refractivity contribution in [3.63, 3.8) is 0 Å². The molecule has 1 aliphatic heterocycles. The minimum atomic E-state index is -0.155. The summed E-state index contributed by atoms with van der Waals surface area (Å²) in [5.41, 5.74) is 5.02. The lowest BCUT2D eigenvalue weighted by molar-refractivity contribution is -0.133. The van der Waals surface area contributed by atoms with Crippen LogP contribution in [0.15, 0.2) is 42.1 Å². The van der Waals surface area contributed by atoms with Gasteiger partial charge in [0.2, 0.25) is 0 Å². The van der Waals surface area contributed by atoms with Crippen molar-refractivity contribution in [1.29, 1.82) is 0 Å². The molecule has 15 heavy (non-hydrogen) atoms. The molecule has 0 fully saturated rings. The molecule has 1 unspecified atom stereocenters. The molecule has 1 aromatic rings. The normalized spacial score (nSPS) is 20.9. The van der Waals surface area contributed by atoms with Crippen LogP contribution in [-0.2, 0) is 4.79 Å². The molecule has 1 heterocycles. The highest BCUT2D eigenvalue weighted by molar-refractivity contribution is 5.86. The predicted molar refractivity (Wildman–Crippen MR) is 58.8 cm³/mol. The van der Waals surface area contributed by atoms with Crippen LogP contribution in [0.5, 0.6) is 0 Å². The Bertz CT molecular complexity index is 397. The fourth-order valence-corrected chi connectivity index (χ4v) is 1.79. The maximum atomic E-state index is 11.9. The van der Waals surface area contributed by atoms with E-state index in [-0.39, 0.29) is 11.8 Å². The summed E-state index contributed by atoms with van der Waals surface area (Å²) < 4.78 is 0. The van der Waals surface area contributed by atoms with Gasteiger partial charge in [0.1, 0.15) is 0 Å². The highest BCUT2D eigenvalue weighted by Crippen LogP contribution is 2.23. The number of allylic oxidation sites excluding steroid dienone is 1. The van der Waals surface area contributed by atoms with Gasteiger partial charge in [-0.3, -0.25) is 9.80 Å². The van der Waals surface area contributed by atoms with Crippen molar-refractivity contribution in [3.05, 3.63) is 47.7 Å². The van der Waals surface area contributed by atoms with Crippen LogP contribution in [0.3, 0.4) is 0 Å². The zero-order valence-corrected chi connectivity index (χ0v) is 8.90. The number of rotatable bonds is 1. The first-order chi connectivity index (χ1) is 7.18. The largest absolute Gasteiger partial charge is 0.301 e. The molecule has 0 radical (unpaired) electrons. The van der Waals surface area contributed by atoms with E-state index in [9.17, 15) is 4.79 Å². The van der Waals surface area contributed by atoms with Gasteiger partial charge in [-0.2, -0.15) is 0 Å². The summed E-state index contributed by atoms with van der Waals surface area (Å²) in [6.45, 7) is 1.96. The van der Waals surface area contributed by atoms with Crippen molar-refractivity contribution >= 4 is 5.91 Å². The SMILES string of the molecule is CC1=CC(c2ccccc2)C(=O)N(C)N1. The number of carbonyl (C=O) groups is 1. The standard InChI is InChI=1S/C12H14N2O/c1-9-8-11(12(15)14(2)13-9)10-6-4-3-5-7-10/h3-8,11,13H,1-2H3. The molecule has 1 aromatic carbocycles. The first-order valence-electron chi connectivity index (χ1n) is 4.96. The maximum absolute atomic E-state index is 11.9. The van der Waals surface area contributed by atoms with Crippen LogP contribution in [-0.4, -0.2) is 18.0 Å². The minimum Gasteiger partial charge on any atom is -0.301 e. The van der Waals surface area contributed by atoms with Crippen molar-refractivity contribution in [2.45, 2.75) is 12.8 Å². The molecule has 0 spiro atoms. The molecule has 0 saturated heterocycles. The number of amides is 1. The molecule has 2 rings (SSSR count). The molecule has 0 bridgehead atoms. The Labute approximate surface area is 89.4 Å². The molecule has 0 saturated carbocycles. The van der Waals surface area contributed by atoms with Crippen molar-refractivity contribution in [3.8, 4) is 0 Å². The number of nitrogens with one attached hydrogen (secondary N) is 1. The van der Waals surface area contributed by atoms with E-state index < -0.39 is 0 Å². The summed E-state index contributed by atoms with van der Waals surface area (Å²) in [4.78, 5) is 11.9. The number of carbonyl (C=O) groups excluding carboxylic acids is 1. The molecule has 0 aliphatic carbocycles. The molecule has 1 N–H and O–H groups in total. The molecule has 78 valence electrons. The maximum Gasteiger partial charge on any atom is 0.252 e. The second kappa shape index (κ2) is 3.77. The van der Waals surface area contributed by atoms with E-state index in [1.165, 1.54) is 5.01 Å². The van der Waals surface area contributed by atoms with Crippen LogP contribution >= 0.6 is 0 Å². The fourth-order valence-electron chi connectivity index (χ4n) is 1.79. The van der Waals surface area contributed by atoms with Crippen molar-refractivity contribution in [2.75, 3.05) is 7.05 Å².